The van der Waals surface area contributed by atoms with E-state index in [0.29, 0.717) is 11.4 Å². The van der Waals surface area contributed by atoms with Gasteiger partial charge in [0.05, 0.1) is 11.4 Å². The molecule has 0 aliphatic carbocycles. The molecule has 6 heteroatoms. The van der Waals surface area contributed by atoms with Crippen LogP contribution < -0.4 is 11.1 Å². The first-order chi connectivity index (χ1) is 9.40. The molecular formula is C14H17N3O3. The number of para-hydroxylation sites is 1. The number of benzene rings is 1. The zero-order valence-corrected chi connectivity index (χ0v) is 11.5. The number of nitrogen functional groups attached to an aromatic ring is 1. The summed E-state index contributed by atoms with van der Waals surface area (Å²) in [6.07, 6.45) is 0.165. The van der Waals surface area contributed by atoms with Crippen LogP contribution in [0.25, 0.3) is 0 Å². The lowest BCUT2D eigenvalue weighted by atomic mass is 10.1. The molecule has 106 valence electrons. The van der Waals surface area contributed by atoms with Gasteiger partial charge in [0.2, 0.25) is 17.7 Å². The summed E-state index contributed by atoms with van der Waals surface area (Å²) in [5.41, 5.74) is 7.59. The summed E-state index contributed by atoms with van der Waals surface area (Å²) in [6, 6.07) is 5.28. The second kappa shape index (κ2) is 5.32. The lowest BCUT2D eigenvalue weighted by Gasteiger charge is -2.16. The van der Waals surface area contributed by atoms with Crippen molar-refractivity contribution in [3.05, 3.63) is 23.8 Å². The summed E-state index contributed by atoms with van der Waals surface area (Å²) >= 11 is 0. The molecule has 1 aliphatic heterocycles. The average Bonchev–Trinajstić information content (AvgIpc) is 2.61. The number of nitrogens with two attached hydrogens (primary N) is 1. The number of nitrogens with one attached hydrogen (secondary N) is 1. The zero-order chi connectivity index (χ0) is 14.9. The Bertz CT molecular complexity index is 563. The van der Waals surface area contributed by atoms with Crippen LogP contribution in [0.15, 0.2) is 18.2 Å². The molecule has 0 aromatic heterocycles. The third-order valence-electron chi connectivity index (χ3n) is 3.34. The van der Waals surface area contributed by atoms with Gasteiger partial charge in [0.15, 0.2) is 0 Å². The molecule has 1 unspecified atom stereocenters. The van der Waals surface area contributed by atoms with E-state index in [1.807, 2.05) is 13.0 Å². The Balaban J connectivity index is 2.07. The fourth-order valence-corrected chi connectivity index (χ4v) is 2.20. The molecular weight excluding hydrogens is 258 g/mol. The number of likely N-dealkylation sites (tertiary alicyclic amines) is 1. The van der Waals surface area contributed by atoms with Crippen LogP contribution in [0.3, 0.4) is 0 Å². The third kappa shape index (κ3) is 2.64. The highest BCUT2D eigenvalue weighted by molar-refractivity contribution is 6.07. The number of rotatable bonds is 3. The van der Waals surface area contributed by atoms with E-state index in [-0.39, 0.29) is 30.7 Å². The van der Waals surface area contributed by atoms with E-state index in [2.05, 4.69) is 5.32 Å². The second-order valence-corrected chi connectivity index (χ2v) is 5.01. The molecule has 1 aromatic carbocycles. The Morgan fingerprint density at radius 2 is 2.15 bits per heavy atom. The van der Waals surface area contributed by atoms with Crippen molar-refractivity contribution < 1.29 is 14.4 Å². The number of carbonyl (C=O) groups excluding carboxylic acids is 3. The van der Waals surface area contributed by atoms with Gasteiger partial charge in [-0.15, -0.1) is 0 Å². The summed E-state index contributed by atoms with van der Waals surface area (Å²) in [5, 5.41) is 2.65. The lowest BCUT2D eigenvalue weighted by molar-refractivity contribution is -0.142. The van der Waals surface area contributed by atoms with Crippen molar-refractivity contribution in [3.63, 3.8) is 0 Å². The van der Waals surface area contributed by atoms with E-state index in [4.69, 9.17) is 5.73 Å². The minimum absolute atomic E-state index is 0.165. The van der Waals surface area contributed by atoms with Crippen LogP contribution in [-0.2, 0) is 14.4 Å². The summed E-state index contributed by atoms with van der Waals surface area (Å²) in [7, 11) is 0. The first-order valence-corrected chi connectivity index (χ1v) is 6.39. The van der Waals surface area contributed by atoms with Crippen molar-refractivity contribution in [2.75, 3.05) is 17.6 Å². The van der Waals surface area contributed by atoms with Crippen molar-refractivity contribution >= 4 is 29.1 Å². The lowest BCUT2D eigenvalue weighted by Crippen LogP contribution is -2.37. The van der Waals surface area contributed by atoms with E-state index < -0.39 is 5.91 Å². The van der Waals surface area contributed by atoms with Gasteiger partial charge in [-0.1, -0.05) is 19.1 Å². The maximum Gasteiger partial charge on any atom is 0.244 e. The first-order valence-electron chi connectivity index (χ1n) is 6.39. The number of nitrogens with zero attached hydrogens (tertiary/aromatic N) is 1. The summed E-state index contributed by atoms with van der Waals surface area (Å²) in [5.74, 6) is -1.39. The maximum atomic E-state index is 12.0. The topological polar surface area (TPSA) is 92.5 Å². The van der Waals surface area contributed by atoms with Crippen molar-refractivity contribution in [2.24, 2.45) is 5.92 Å². The predicted octanol–water partition coefficient (Wildman–Crippen LogP) is 0.911. The summed E-state index contributed by atoms with van der Waals surface area (Å²) in [4.78, 5) is 36.3. The Labute approximate surface area is 116 Å². The van der Waals surface area contributed by atoms with Gasteiger partial charge in [-0.25, -0.2) is 0 Å². The van der Waals surface area contributed by atoms with Crippen molar-refractivity contribution in [1.29, 1.82) is 0 Å². The monoisotopic (exact) mass is 275 g/mol. The molecule has 0 spiro atoms. The fourth-order valence-electron chi connectivity index (χ4n) is 2.20. The van der Waals surface area contributed by atoms with Crippen LogP contribution in [0, 0.1) is 12.8 Å². The minimum atomic E-state index is -0.429. The molecule has 0 saturated carbocycles. The quantitative estimate of drug-likeness (QED) is 0.633. The Hall–Kier alpha value is -2.37. The highest BCUT2D eigenvalue weighted by atomic mass is 16.2. The van der Waals surface area contributed by atoms with Gasteiger partial charge >= 0.3 is 0 Å². The molecule has 1 heterocycles. The van der Waals surface area contributed by atoms with Gasteiger partial charge in [0, 0.05) is 12.3 Å². The van der Waals surface area contributed by atoms with Crippen molar-refractivity contribution in [3.8, 4) is 0 Å². The van der Waals surface area contributed by atoms with E-state index in [1.54, 1.807) is 19.1 Å². The van der Waals surface area contributed by atoms with E-state index in [0.717, 1.165) is 10.5 Å². The number of aryl methyl sites for hydroxylation is 1. The van der Waals surface area contributed by atoms with E-state index >= 15 is 0 Å². The van der Waals surface area contributed by atoms with Gasteiger partial charge < -0.3 is 11.1 Å². The number of hydrogen-bond acceptors (Lipinski definition) is 4. The summed E-state index contributed by atoms with van der Waals surface area (Å²) < 4.78 is 0. The molecule has 1 fully saturated rings. The Morgan fingerprint density at radius 1 is 1.45 bits per heavy atom. The van der Waals surface area contributed by atoms with Crippen LogP contribution in [0.1, 0.15) is 18.9 Å². The highest BCUT2D eigenvalue weighted by Crippen LogP contribution is 2.23. The zero-order valence-electron chi connectivity index (χ0n) is 11.5. The second-order valence-electron chi connectivity index (χ2n) is 5.01. The summed E-state index contributed by atoms with van der Waals surface area (Å²) in [6.45, 7) is 3.23. The molecule has 3 N–H and O–H groups in total. The molecule has 0 bridgehead atoms. The number of amides is 3. The van der Waals surface area contributed by atoms with E-state index in [1.165, 1.54) is 0 Å². The van der Waals surface area contributed by atoms with Crippen molar-refractivity contribution in [1.82, 2.24) is 4.90 Å². The fraction of sp³-hybridized carbons (Fsp3) is 0.357. The number of imide groups is 1. The molecule has 2 rings (SSSR count). The molecule has 3 amide bonds. The molecule has 0 radical (unpaired) electrons. The average molecular weight is 275 g/mol. The van der Waals surface area contributed by atoms with Gasteiger partial charge in [0.25, 0.3) is 0 Å². The largest absolute Gasteiger partial charge is 0.397 e. The van der Waals surface area contributed by atoms with Crippen LogP contribution in [0.5, 0.6) is 0 Å². The molecule has 6 nitrogen and oxygen atoms in total. The standard InChI is InChI=1S/C14H17N3O3/c1-8-4-3-5-10(15)13(8)16-11(18)7-17-12(19)6-9(2)14(17)20/h3-5,9H,6-7,15H2,1-2H3,(H,16,18). The Kier molecular flexibility index (Phi) is 3.74. The number of anilines is 2. The first kappa shape index (κ1) is 14.0. The normalized spacial score (nSPS) is 18.5. The molecule has 1 aromatic rings. The number of hydrogen-bond donors (Lipinski definition) is 2. The van der Waals surface area contributed by atoms with Gasteiger partial charge in [-0.2, -0.15) is 0 Å². The highest BCUT2D eigenvalue weighted by Gasteiger charge is 2.36. The maximum absolute atomic E-state index is 12.0. The van der Waals surface area contributed by atoms with Gasteiger partial charge in [-0.3, -0.25) is 19.3 Å². The molecule has 20 heavy (non-hydrogen) atoms. The van der Waals surface area contributed by atoms with Crippen LogP contribution in [-0.4, -0.2) is 29.2 Å². The van der Waals surface area contributed by atoms with Crippen LogP contribution in [0.4, 0.5) is 11.4 Å². The molecule has 1 saturated heterocycles. The van der Waals surface area contributed by atoms with Gasteiger partial charge in [0.1, 0.15) is 6.54 Å². The third-order valence-corrected chi connectivity index (χ3v) is 3.34. The SMILES string of the molecule is Cc1cccc(N)c1NC(=O)CN1C(=O)CC(C)C1=O. The van der Waals surface area contributed by atoms with E-state index in [9.17, 15) is 14.4 Å². The van der Waals surface area contributed by atoms with Gasteiger partial charge in [-0.05, 0) is 18.6 Å². The minimum Gasteiger partial charge on any atom is -0.397 e. The molecule has 1 aliphatic rings. The van der Waals surface area contributed by atoms with Crippen LogP contribution in [0.2, 0.25) is 0 Å². The number of carbonyl (C=O) groups is 3. The van der Waals surface area contributed by atoms with Crippen LogP contribution >= 0.6 is 0 Å². The molecule has 1 atom stereocenters. The Morgan fingerprint density at radius 3 is 2.70 bits per heavy atom. The smallest absolute Gasteiger partial charge is 0.244 e. The predicted molar refractivity (Wildman–Crippen MR) is 74.7 cm³/mol. The van der Waals surface area contributed by atoms with Crippen molar-refractivity contribution in [2.45, 2.75) is 20.3 Å².